The first-order valence-corrected chi connectivity index (χ1v) is 4.97. The highest BCUT2D eigenvalue weighted by molar-refractivity contribution is 4.71. The maximum atomic E-state index is 5.17. The maximum absolute atomic E-state index is 5.17. The van der Waals surface area contributed by atoms with Gasteiger partial charge in [-0.05, 0) is 27.9 Å². The van der Waals surface area contributed by atoms with E-state index in [1.54, 1.807) is 14.2 Å². The van der Waals surface area contributed by atoms with Crippen molar-refractivity contribution in [3.63, 3.8) is 0 Å². The molecule has 1 N–H and O–H groups in total. The van der Waals surface area contributed by atoms with E-state index in [9.17, 15) is 0 Å². The summed E-state index contributed by atoms with van der Waals surface area (Å²) in [5.74, 6) is 0. The van der Waals surface area contributed by atoms with Gasteiger partial charge in [0, 0.05) is 26.8 Å². The summed E-state index contributed by atoms with van der Waals surface area (Å²) in [6.45, 7) is 5.22. The number of hydrogen-bond acceptors (Lipinski definition) is 4. The van der Waals surface area contributed by atoms with E-state index in [1.165, 1.54) is 0 Å². The molecular formula is C10H24N2O2. The van der Waals surface area contributed by atoms with Crippen LogP contribution in [-0.4, -0.2) is 58.1 Å². The van der Waals surface area contributed by atoms with Crippen molar-refractivity contribution >= 4 is 0 Å². The smallest absolute Gasteiger partial charge is 0.171 e. The summed E-state index contributed by atoms with van der Waals surface area (Å²) in [4.78, 5) is 2.15. The van der Waals surface area contributed by atoms with Gasteiger partial charge in [0.2, 0.25) is 0 Å². The lowest BCUT2D eigenvalue weighted by molar-refractivity contribution is -0.120. The molecule has 0 aliphatic carbocycles. The Morgan fingerprint density at radius 2 is 1.64 bits per heavy atom. The Hall–Kier alpha value is -0.160. The highest BCUT2D eigenvalue weighted by Gasteiger charge is 2.17. The van der Waals surface area contributed by atoms with Crippen molar-refractivity contribution in [3.05, 3.63) is 0 Å². The average molecular weight is 204 g/mol. The van der Waals surface area contributed by atoms with Crippen LogP contribution in [0.15, 0.2) is 0 Å². The topological polar surface area (TPSA) is 33.7 Å². The molecule has 0 radical (unpaired) electrons. The van der Waals surface area contributed by atoms with E-state index in [4.69, 9.17) is 9.47 Å². The number of nitrogens with one attached hydrogen (secondary N) is 1. The van der Waals surface area contributed by atoms with Crippen LogP contribution in [0.1, 0.15) is 13.8 Å². The first-order chi connectivity index (χ1) is 6.51. The van der Waals surface area contributed by atoms with E-state index in [-0.39, 0.29) is 12.3 Å². The number of methoxy groups -OCH3 is 2. The zero-order chi connectivity index (χ0) is 11.1. The summed E-state index contributed by atoms with van der Waals surface area (Å²) >= 11 is 0. The first-order valence-electron chi connectivity index (χ1n) is 4.97. The van der Waals surface area contributed by atoms with Crippen LogP contribution in [0.4, 0.5) is 0 Å². The number of ether oxygens (including phenoxy) is 2. The number of nitrogens with zero attached hydrogens (tertiary/aromatic N) is 1. The SMILES string of the molecule is COC(OC)C(C)NC(C)CN(C)C. The Kier molecular flexibility index (Phi) is 7.09. The zero-order valence-corrected chi connectivity index (χ0v) is 10.2. The number of likely N-dealkylation sites (N-methyl/N-ethyl adjacent to an activating group) is 1. The molecule has 4 nitrogen and oxygen atoms in total. The van der Waals surface area contributed by atoms with Crippen molar-refractivity contribution in [2.24, 2.45) is 0 Å². The largest absolute Gasteiger partial charge is 0.354 e. The Balaban J connectivity index is 3.84. The van der Waals surface area contributed by atoms with Crippen LogP contribution >= 0.6 is 0 Å². The van der Waals surface area contributed by atoms with Crippen molar-refractivity contribution in [1.82, 2.24) is 10.2 Å². The monoisotopic (exact) mass is 204 g/mol. The summed E-state index contributed by atoms with van der Waals surface area (Å²) in [7, 11) is 7.44. The van der Waals surface area contributed by atoms with E-state index >= 15 is 0 Å². The van der Waals surface area contributed by atoms with E-state index < -0.39 is 0 Å². The lowest BCUT2D eigenvalue weighted by Gasteiger charge is -2.27. The molecule has 0 aromatic heterocycles. The van der Waals surface area contributed by atoms with Gasteiger partial charge in [-0.2, -0.15) is 0 Å². The molecule has 86 valence electrons. The third-order valence-electron chi connectivity index (χ3n) is 2.06. The summed E-state index contributed by atoms with van der Waals surface area (Å²) in [5, 5.41) is 3.42. The fraction of sp³-hybridized carbons (Fsp3) is 1.00. The fourth-order valence-electron chi connectivity index (χ4n) is 1.63. The molecule has 0 rings (SSSR count). The molecule has 2 atom stereocenters. The Labute approximate surface area is 87.6 Å². The van der Waals surface area contributed by atoms with Gasteiger partial charge in [-0.15, -0.1) is 0 Å². The predicted molar refractivity (Wildman–Crippen MR) is 58.4 cm³/mol. The van der Waals surface area contributed by atoms with Gasteiger partial charge in [0.05, 0.1) is 6.04 Å². The van der Waals surface area contributed by atoms with E-state index in [0.717, 1.165) is 6.54 Å². The molecule has 14 heavy (non-hydrogen) atoms. The van der Waals surface area contributed by atoms with Gasteiger partial charge < -0.3 is 19.7 Å². The predicted octanol–water partition coefficient (Wildman–Crippen LogP) is 0.534. The first kappa shape index (κ1) is 13.8. The molecule has 0 saturated heterocycles. The highest BCUT2D eigenvalue weighted by Crippen LogP contribution is 2.00. The van der Waals surface area contributed by atoms with Crippen LogP contribution in [0.2, 0.25) is 0 Å². The van der Waals surface area contributed by atoms with Gasteiger partial charge in [0.15, 0.2) is 6.29 Å². The second-order valence-corrected chi connectivity index (χ2v) is 3.96. The van der Waals surface area contributed by atoms with Crippen molar-refractivity contribution in [3.8, 4) is 0 Å². The second-order valence-electron chi connectivity index (χ2n) is 3.96. The van der Waals surface area contributed by atoms with Gasteiger partial charge >= 0.3 is 0 Å². The van der Waals surface area contributed by atoms with Crippen molar-refractivity contribution in [2.75, 3.05) is 34.9 Å². The molecule has 2 unspecified atom stereocenters. The normalized spacial score (nSPS) is 16.3. The van der Waals surface area contributed by atoms with Crippen molar-refractivity contribution in [2.45, 2.75) is 32.2 Å². The molecule has 0 aromatic carbocycles. The van der Waals surface area contributed by atoms with Crippen LogP contribution in [0.5, 0.6) is 0 Å². The van der Waals surface area contributed by atoms with E-state index in [2.05, 4.69) is 38.2 Å². The zero-order valence-electron chi connectivity index (χ0n) is 10.2. The van der Waals surface area contributed by atoms with Crippen molar-refractivity contribution < 1.29 is 9.47 Å². The Bertz CT molecular complexity index is 138. The molecule has 0 aromatic rings. The summed E-state index contributed by atoms with van der Waals surface area (Å²) < 4.78 is 10.3. The standard InChI is InChI=1S/C10H24N2O2/c1-8(7-12(3)4)11-9(2)10(13-5)14-6/h8-11H,7H2,1-6H3. The minimum absolute atomic E-state index is 0.181. The summed E-state index contributed by atoms with van der Waals surface area (Å²) in [5.41, 5.74) is 0. The summed E-state index contributed by atoms with van der Waals surface area (Å²) in [6.07, 6.45) is -0.181. The third-order valence-corrected chi connectivity index (χ3v) is 2.06. The molecule has 0 heterocycles. The number of rotatable bonds is 7. The minimum atomic E-state index is -0.181. The lowest BCUT2D eigenvalue weighted by atomic mass is 10.2. The van der Waals surface area contributed by atoms with Crippen LogP contribution < -0.4 is 5.32 Å². The Morgan fingerprint density at radius 1 is 1.14 bits per heavy atom. The van der Waals surface area contributed by atoms with Crippen LogP contribution in [-0.2, 0) is 9.47 Å². The minimum Gasteiger partial charge on any atom is -0.354 e. The van der Waals surface area contributed by atoms with Gasteiger partial charge in [-0.3, -0.25) is 0 Å². The van der Waals surface area contributed by atoms with Crippen molar-refractivity contribution in [1.29, 1.82) is 0 Å². The molecule has 0 fully saturated rings. The van der Waals surface area contributed by atoms with Gasteiger partial charge in [-0.25, -0.2) is 0 Å². The molecule has 4 heteroatoms. The van der Waals surface area contributed by atoms with Gasteiger partial charge in [-0.1, -0.05) is 0 Å². The molecule has 0 spiro atoms. The highest BCUT2D eigenvalue weighted by atomic mass is 16.7. The van der Waals surface area contributed by atoms with Crippen LogP contribution in [0.3, 0.4) is 0 Å². The van der Waals surface area contributed by atoms with Gasteiger partial charge in [0.1, 0.15) is 0 Å². The molecule has 0 aliphatic rings. The lowest BCUT2D eigenvalue weighted by Crippen LogP contribution is -2.47. The third kappa shape index (κ3) is 5.54. The second kappa shape index (κ2) is 7.17. The molecule has 0 amide bonds. The Morgan fingerprint density at radius 3 is 2.00 bits per heavy atom. The quantitative estimate of drug-likeness (QED) is 0.614. The molecule has 0 bridgehead atoms. The van der Waals surface area contributed by atoms with Crippen LogP contribution in [0.25, 0.3) is 0 Å². The average Bonchev–Trinajstić information content (AvgIpc) is 2.04. The van der Waals surface area contributed by atoms with E-state index in [1.807, 2.05) is 0 Å². The number of hydrogen-bond donors (Lipinski definition) is 1. The van der Waals surface area contributed by atoms with Gasteiger partial charge in [0.25, 0.3) is 0 Å². The fourth-order valence-corrected chi connectivity index (χ4v) is 1.63. The maximum Gasteiger partial charge on any atom is 0.171 e. The van der Waals surface area contributed by atoms with E-state index in [0.29, 0.717) is 6.04 Å². The molecule has 0 saturated carbocycles. The summed E-state index contributed by atoms with van der Waals surface area (Å²) in [6, 6.07) is 0.618. The van der Waals surface area contributed by atoms with Crippen LogP contribution in [0, 0.1) is 0 Å². The molecular weight excluding hydrogens is 180 g/mol. The molecule has 0 aliphatic heterocycles.